The van der Waals surface area contributed by atoms with Crippen LogP contribution in [0.15, 0.2) is 4.99 Å². The summed E-state index contributed by atoms with van der Waals surface area (Å²) < 4.78 is 0. The van der Waals surface area contributed by atoms with E-state index in [1.807, 2.05) is 0 Å². The zero-order chi connectivity index (χ0) is 7.40. The van der Waals surface area contributed by atoms with Crippen molar-refractivity contribution in [2.75, 3.05) is 11.6 Å². The first-order valence-electron chi connectivity index (χ1n) is 2.77. The Bertz CT molecular complexity index is 182. The van der Waals surface area contributed by atoms with Crippen molar-refractivity contribution < 1.29 is 9.59 Å². The first kappa shape index (κ1) is 7.47. The number of isocyanates is 1. The predicted molar refractivity (Wildman–Crippen MR) is 37.4 cm³/mol. The number of thioether (sulfide) groups is 1. The lowest BCUT2D eigenvalue weighted by Crippen LogP contribution is -2.31. The van der Waals surface area contributed by atoms with E-state index in [0.717, 1.165) is 5.88 Å². The van der Waals surface area contributed by atoms with Gasteiger partial charge in [0.25, 0.3) is 5.91 Å². The Morgan fingerprint density at radius 1 is 1.80 bits per heavy atom. The van der Waals surface area contributed by atoms with E-state index in [-0.39, 0.29) is 6.04 Å². The number of amides is 1. The largest absolute Gasteiger partial charge is 0.296 e. The molecule has 5 heteroatoms. The zero-order valence-corrected chi connectivity index (χ0v) is 5.98. The molecule has 1 atom stereocenters. The summed E-state index contributed by atoms with van der Waals surface area (Å²) in [5.41, 5.74) is 0. The van der Waals surface area contributed by atoms with Gasteiger partial charge in [0.1, 0.15) is 0 Å². The van der Waals surface area contributed by atoms with Crippen LogP contribution in [0.3, 0.4) is 0 Å². The monoisotopic (exact) mass is 158 g/mol. The Balaban J connectivity index is 2.47. The Labute approximate surface area is 62.1 Å². The zero-order valence-electron chi connectivity index (χ0n) is 5.16. The molecule has 1 fully saturated rings. The first-order valence-corrected chi connectivity index (χ1v) is 3.93. The summed E-state index contributed by atoms with van der Waals surface area (Å²) in [5, 5.41) is 2.88. The summed E-state index contributed by atoms with van der Waals surface area (Å²) in [6, 6.07) is -0.272. The molecule has 1 saturated heterocycles. The molecule has 54 valence electrons. The van der Waals surface area contributed by atoms with E-state index in [2.05, 4.69) is 10.3 Å². The Morgan fingerprint density at radius 3 is 3.10 bits per heavy atom. The molecule has 0 bridgehead atoms. The molecule has 0 saturated carbocycles. The van der Waals surface area contributed by atoms with Gasteiger partial charge in [-0.2, -0.15) is 0 Å². The van der Waals surface area contributed by atoms with E-state index in [1.54, 1.807) is 11.8 Å². The van der Waals surface area contributed by atoms with Crippen LogP contribution in [-0.4, -0.2) is 29.7 Å². The van der Waals surface area contributed by atoms with E-state index in [9.17, 15) is 9.59 Å². The molecule has 0 aromatic rings. The topological polar surface area (TPSA) is 58.5 Å². The first-order chi connectivity index (χ1) is 4.84. The SMILES string of the molecule is O=C=NC(=O)C1CSCN1. The molecule has 10 heavy (non-hydrogen) atoms. The van der Waals surface area contributed by atoms with Gasteiger partial charge in [-0.3, -0.25) is 10.1 Å². The average Bonchev–Trinajstić information content (AvgIpc) is 2.38. The number of hydrogen-bond donors (Lipinski definition) is 1. The molecule has 1 N–H and O–H groups in total. The fourth-order valence-electron chi connectivity index (χ4n) is 0.677. The number of nitrogens with one attached hydrogen (secondary N) is 1. The number of rotatable bonds is 1. The molecule has 1 amide bonds. The number of nitrogens with zero attached hydrogens (tertiary/aromatic N) is 1. The highest BCUT2D eigenvalue weighted by Gasteiger charge is 2.21. The van der Waals surface area contributed by atoms with Crippen LogP contribution in [-0.2, 0) is 9.59 Å². The molecular weight excluding hydrogens is 152 g/mol. The van der Waals surface area contributed by atoms with Crippen molar-refractivity contribution in [1.29, 1.82) is 0 Å². The predicted octanol–water partition coefficient (Wildman–Crippen LogP) is -0.489. The summed E-state index contributed by atoms with van der Waals surface area (Å²) in [5.74, 6) is 1.04. The van der Waals surface area contributed by atoms with Gasteiger partial charge in [-0.25, -0.2) is 4.79 Å². The van der Waals surface area contributed by atoms with Crippen LogP contribution < -0.4 is 5.32 Å². The van der Waals surface area contributed by atoms with Gasteiger partial charge in [0.05, 0.1) is 6.04 Å². The number of aliphatic imine (C=N–C) groups is 1. The van der Waals surface area contributed by atoms with Gasteiger partial charge in [0.2, 0.25) is 6.08 Å². The highest BCUT2D eigenvalue weighted by molar-refractivity contribution is 7.99. The molecule has 0 aliphatic carbocycles. The van der Waals surface area contributed by atoms with Crippen LogP contribution in [0.2, 0.25) is 0 Å². The van der Waals surface area contributed by atoms with E-state index in [4.69, 9.17) is 0 Å². The fraction of sp³-hybridized carbons (Fsp3) is 0.600. The van der Waals surface area contributed by atoms with Gasteiger partial charge >= 0.3 is 0 Å². The number of carbonyl (C=O) groups is 1. The quantitative estimate of drug-likeness (QED) is 0.413. The van der Waals surface area contributed by atoms with Gasteiger partial charge in [0.15, 0.2) is 0 Å². The van der Waals surface area contributed by atoms with Crippen LogP contribution in [0.25, 0.3) is 0 Å². The van der Waals surface area contributed by atoms with Crippen LogP contribution in [0.1, 0.15) is 0 Å². The standard InChI is InChI=1S/C5H6N2O2S/c8-2-6-5(9)4-1-10-3-7-4/h4,7H,1,3H2. The molecule has 0 aromatic heterocycles. The molecule has 1 unspecified atom stereocenters. The minimum absolute atomic E-state index is 0.272. The lowest BCUT2D eigenvalue weighted by atomic mass is 10.3. The molecule has 1 heterocycles. The minimum Gasteiger partial charge on any atom is -0.296 e. The second-order valence-electron chi connectivity index (χ2n) is 1.81. The lowest BCUT2D eigenvalue weighted by molar-refractivity contribution is -0.119. The summed E-state index contributed by atoms with van der Waals surface area (Å²) in [4.78, 5) is 23.4. The van der Waals surface area contributed by atoms with E-state index < -0.39 is 5.91 Å². The molecule has 4 nitrogen and oxygen atoms in total. The maximum atomic E-state index is 10.7. The van der Waals surface area contributed by atoms with Crippen LogP contribution in [0, 0.1) is 0 Å². The van der Waals surface area contributed by atoms with Crippen molar-refractivity contribution in [3.8, 4) is 0 Å². The Kier molecular flexibility index (Phi) is 2.62. The Morgan fingerprint density at radius 2 is 2.60 bits per heavy atom. The van der Waals surface area contributed by atoms with E-state index in [0.29, 0.717) is 5.75 Å². The third-order valence-corrected chi connectivity index (χ3v) is 2.11. The molecular formula is C5H6N2O2S. The average molecular weight is 158 g/mol. The highest BCUT2D eigenvalue weighted by Crippen LogP contribution is 2.09. The van der Waals surface area contributed by atoms with Gasteiger partial charge in [-0.05, 0) is 0 Å². The third kappa shape index (κ3) is 1.67. The van der Waals surface area contributed by atoms with Gasteiger partial charge < -0.3 is 0 Å². The minimum atomic E-state index is -0.417. The smallest absolute Gasteiger partial charge is 0.274 e. The molecule has 0 spiro atoms. The van der Waals surface area contributed by atoms with Crippen LogP contribution in [0.4, 0.5) is 0 Å². The van der Waals surface area contributed by atoms with Gasteiger partial charge in [-0.1, -0.05) is 0 Å². The normalized spacial score (nSPS) is 23.8. The summed E-state index contributed by atoms with van der Waals surface area (Å²) in [6.45, 7) is 0. The summed E-state index contributed by atoms with van der Waals surface area (Å²) in [6.07, 6.45) is 1.22. The number of carbonyl (C=O) groups excluding carboxylic acids is 2. The van der Waals surface area contributed by atoms with Crippen molar-refractivity contribution in [1.82, 2.24) is 5.32 Å². The van der Waals surface area contributed by atoms with Crippen molar-refractivity contribution >= 4 is 23.7 Å². The van der Waals surface area contributed by atoms with Crippen LogP contribution in [0.5, 0.6) is 0 Å². The summed E-state index contributed by atoms with van der Waals surface area (Å²) >= 11 is 1.61. The molecule has 0 radical (unpaired) electrons. The van der Waals surface area contributed by atoms with Gasteiger partial charge in [-0.15, -0.1) is 16.8 Å². The molecule has 1 aliphatic heterocycles. The highest BCUT2D eigenvalue weighted by atomic mass is 32.2. The fourth-order valence-corrected chi connectivity index (χ4v) is 1.61. The maximum absolute atomic E-state index is 10.7. The maximum Gasteiger partial charge on any atom is 0.274 e. The van der Waals surface area contributed by atoms with Crippen molar-refractivity contribution in [3.63, 3.8) is 0 Å². The van der Waals surface area contributed by atoms with Crippen LogP contribution >= 0.6 is 11.8 Å². The molecule has 0 aromatic carbocycles. The molecule has 1 rings (SSSR count). The summed E-state index contributed by atoms with van der Waals surface area (Å²) in [7, 11) is 0. The second-order valence-corrected chi connectivity index (χ2v) is 2.84. The van der Waals surface area contributed by atoms with E-state index in [1.165, 1.54) is 6.08 Å². The van der Waals surface area contributed by atoms with Crippen molar-refractivity contribution in [3.05, 3.63) is 0 Å². The third-order valence-electron chi connectivity index (χ3n) is 1.17. The lowest BCUT2D eigenvalue weighted by Gasteiger charge is -1.99. The van der Waals surface area contributed by atoms with Crippen molar-refractivity contribution in [2.24, 2.45) is 4.99 Å². The van der Waals surface area contributed by atoms with Crippen molar-refractivity contribution in [2.45, 2.75) is 6.04 Å². The Hall–Kier alpha value is -0.640. The van der Waals surface area contributed by atoms with Gasteiger partial charge in [0, 0.05) is 11.6 Å². The second kappa shape index (κ2) is 3.51. The molecule has 1 aliphatic rings. The van der Waals surface area contributed by atoms with E-state index >= 15 is 0 Å². The number of hydrogen-bond acceptors (Lipinski definition) is 4.